The molecule has 0 fully saturated rings. The van der Waals surface area contributed by atoms with Crippen LogP contribution < -0.4 is 5.32 Å². The number of hydrogen-bond donors (Lipinski definition) is 1. The zero-order chi connectivity index (χ0) is 14.7. The molecule has 0 saturated heterocycles. The van der Waals surface area contributed by atoms with Crippen LogP contribution in [0.15, 0.2) is 24.4 Å². The molecule has 0 aliphatic carbocycles. The number of aryl methyl sites for hydroxylation is 1. The van der Waals surface area contributed by atoms with Crippen LogP contribution in [0, 0.1) is 12.7 Å². The van der Waals surface area contributed by atoms with E-state index in [0.717, 1.165) is 16.8 Å². The van der Waals surface area contributed by atoms with Crippen LogP contribution in [0.5, 0.6) is 0 Å². The van der Waals surface area contributed by atoms with Crippen LogP contribution in [0.25, 0.3) is 0 Å². The number of benzene rings is 1. The monoisotopic (exact) mass is 293 g/mol. The summed E-state index contributed by atoms with van der Waals surface area (Å²) in [7, 11) is 1.90. The van der Waals surface area contributed by atoms with E-state index in [1.807, 2.05) is 20.2 Å². The van der Waals surface area contributed by atoms with Gasteiger partial charge < -0.3 is 5.32 Å². The third-order valence-electron chi connectivity index (χ3n) is 3.33. The van der Waals surface area contributed by atoms with Crippen LogP contribution in [0.2, 0.25) is 5.02 Å². The Bertz CT molecular complexity index is 616. The molecular formula is C15H17ClFN3. The number of nitrogens with one attached hydrogen (secondary N) is 1. The molecule has 1 N–H and O–H groups in total. The molecule has 1 heterocycles. The highest BCUT2D eigenvalue weighted by molar-refractivity contribution is 6.31. The van der Waals surface area contributed by atoms with Gasteiger partial charge in [0.15, 0.2) is 0 Å². The highest BCUT2D eigenvalue weighted by Gasteiger charge is 2.10. The molecule has 0 aliphatic rings. The molecule has 0 bridgehead atoms. The average molecular weight is 294 g/mol. The first-order valence-electron chi connectivity index (χ1n) is 6.45. The summed E-state index contributed by atoms with van der Waals surface area (Å²) >= 11 is 6.02. The lowest BCUT2D eigenvalue weighted by Gasteiger charge is -2.13. The maximum atomic E-state index is 13.0. The van der Waals surface area contributed by atoms with E-state index in [1.165, 1.54) is 12.1 Å². The Kier molecular flexibility index (Phi) is 4.68. The molecule has 1 aromatic carbocycles. The topological polar surface area (TPSA) is 37.8 Å². The van der Waals surface area contributed by atoms with Gasteiger partial charge in [0.1, 0.15) is 11.6 Å². The minimum Gasteiger partial charge on any atom is -0.313 e. The van der Waals surface area contributed by atoms with Crippen molar-refractivity contribution >= 4 is 11.6 Å². The summed E-state index contributed by atoms with van der Waals surface area (Å²) in [4.78, 5) is 8.86. The molecular weight excluding hydrogens is 277 g/mol. The van der Waals surface area contributed by atoms with Gasteiger partial charge in [-0.15, -0.1) is 0 Å². The molecule has 20 heavy (non-hydrogen) atoms. The second kappa shape index (κ2) is 6.29. The number of aromatic nitrogens is 2. The maximum Gasteiger partial charge on any atom is 0.132 e. The van der Waals surface area contributed by atoms with E-state index in [1.54, 1.807) is 6.07 Å². The fourth-order valence-corrected chi connectivity index (χ4v) is 2.26. The van der Waals surface area contributed by atoms with Gasteiger partial charge >= 0.3 is 0 Å². The number of halogens is 2. The van der Waals surface area contributed by atoms with Gasteiger partial charge in [-0.2, -0.15) is 0 Å². The van der Waals surface area contributed by atoms with Crippen LogP contribution in [0.3, 0.4) is 0 Å². The molecule has 2 aromatic rings. The molecule has 0 spiro atoms. The first-order valence-corrected chi connectivity index (χ1v) is 6.82. The van der Waals surface area contributed by atoms with E-state index in [-0.39, 0.29) is 11.9 Å². The first-order chi connectivity index (χ1) is 9.51. The lowest BCUT2D eigenvalue weighted by molar-refractivity contribution is 0.627. The molecule has 1 aromatic heterocycles. The van der Waals surface area contributed by atoms with Gasteiger partial charge in [-0.1, -0.05) is 17.7 Å². The zero-order valence-electron chi connectivity index (χ0n) is 11.7. The molecule has 0 radical (unpaired) electrons. The Morgan fingerprint density at radius 2 is 2.15 bits per heavy atom. The van der Waals surface area contributed by atoms with Gasteiger partial charge in [0.2, 0.25) is 0 Å². The van der Waals surface area contributed by atoms with E-state index < -0.39 is 0 Å². The Labute approximate surface area is 123 Å². The molecule has 1 unspecified atom stereocenters. The van der Waals surface area contributed by atoms with Crippen LogP contribution in [-0.4, -0.2) is 17.0 Å². The number of nitrogens with zero attached hydrogens (tertiary/aromatic N) is 2. The van der Waals surface area contributed by atoms with E-state index in [4.69, 9.17) is 11.6 Å². The molecule has 3 nitrogen and oxygen atoms in total. The van der Waals surface area contributed by atoms with Crippen LogP contribution in [-0.2, 0) is 6.42 Å². The van der Waals surface area contributed by atoms with Crippen molar-refractivity contribution in [2.24, 2.45) is 0 Å². The van der Waals surface area contributed by atoms with Crippen LogP contribution in [0.1, 0.15) is 35.6 Å². The SMILES string of the molecule is CNC(C)c1cnc(Cc2ccc(F)cc2Cl)nc1C. The van der Waals surface area contributed by atoms with E-state index in [2.05, 4.69) is 22.2 Å². The summed E-state index contributed by atoms with van der Waals surface area (Å²) in [6.07, 6.45) is 2.32. The fourth-order valence-electron chi connectivity index (χ4n) is 2.03. The average Bonchev–Trinajstić information content (AvgIpc) is 2.41. The molecule has 0 saturated carbocycles. The van der Waals surface area contributed by atoms with Gasteiger partial charge in [0.25, 0.3) is 0 Å². The Morgan fingerprint density at radius 1 is 1.40 bits per heavy atom. The van der Waals surface area contributed by atoms with Crippen molar-refractivity contribution in [2.75, 3.05) is 7.05 Å². The summed E-state index contributed by atoms with van der Waals surface area (Å²) in [6.45, 7) is 4.02. The quantitative estimate of drug-likeness (QED) is 0.938. The standard InChI is InChI=1S/C15H17ClFN3/c1-9(18-3)13-8-19-15(20-10(13)2)6-11-4-5-12(17)7-14(11)16/h4-5,7-9,18H,6H2,1-3H3. The van der Waals surface area contributed by atoms with Crippen LogP contribution >= 0.6 is 11.6 Å². The van der Waals surface area contributed by atoms with Crippen molar-refractivity contribution in [2.45, 2.75) is 26.3 Å². The Hall–Kier alpha value is -1.52. The highest BCUT2D eigenvalue weighted by Crippen LogP contribution is 2.20. The van der Waals surface area contributed by atoms with Gasteiger partial charge in [0, 0.05) is 34.9 Å². The molecule has 2 rings (SSSR count). The smallest absolute Gasteiger partial charge is 0.132 e. The van der Waals surface area contributed by atoms with Crippen molar-refractivity contribution in [1.29, 1.82) is 0 Å². The van der Waals surface area contributed by atoms with Crippen molar-refractivity contribution in [1.82, 2.24) is 15.3 Å². The lowest BCUT2D eigenvalue weighted by Crippen LogP contribution is -2.15. The predicted molar refractivity (Wildman–Crippen MR) is 78.5 cm³/mol. The second-order valence-electron chi connectivity index (χ2n) is 4.75. The second-order valence-corrected chi connectivity index (χ2v) is 5.16. The third kappa shape index (κ3) is 3.32. The van der Waals surface area contributed by atoms with E-state index in [0.29, 0.717) is 17.3 Å². The largest absolute Gasteiger partial charge is 0.313 e. The molecule has 1 atom stereocenters. The van der Waals surface area contributed by atoms with E-state index >= 15 is 0 Å². The van der Waals surface area contributed by atoms with Crippen molar-refractivity contribution in [3.8, 4) is 0 Å². The molecule has 0 aliphatic heterocycles. The molecule has 5 heteroatoms. The van der Waals surface area contributed by atoms with Gasteiger partial charge in [-0.3, -0.25) is 0 Å². The fraction of sp³-hybridized carbons (Fsp3) is 0.333. The lowest BCUT2D eigenvalue weighted by atomic mass is 10.1. The predicted octanol–water partition coefficient (Wildman–Crippen LogP) is 3.45. The highest BCUT2D eigenvalue weighted by atomic mass is 35.5. The van der Waals surface area contributed by atoms with Crippen molar-refractivity contribution in [3.63, 3.8) is 0 Å². The summed E-state index contributed by atoms with van der Waals surface area (Å²) in [6, 6.07) is 4.58. The minimum atomic E-state index is -0.339. The van der Waals surface area contributed by atoms with Crippen LogP contribution in [0.4, 0.5) is 4.39 Å². The van der Waals surface area contributed by atoms with Crippen molar-refractivity contribution in [3.05, 3.63) is 57.9 Å². The molecule has 106 valence electrons. The Morgan fingerprint density at radius 3 is 2.75 bits per heavy atom. The third-order valence-corrected chi connectivity index (χ3v) is 3.68. The van der Waals surface area contributed by atoms with Crippen molar-refractivity contribution < 1.29 is 4.39 Å². The summed E-state index contributed by atoms with van der Waals surface area (Å²) < 4.78 is 13.0. The van der Waals surface area contributed by atoms with Gasteiger partial charge in [0.05, 0.1) is 0 Å². The summed E-state index contributed by atoms with van der Waals surface area (Å²) in [5, 5.41) is 3.57. The summed E-state index contributed by atoms with van der Waals surface area (Å²) in [5.41, 5.74) is 2.83. The van der Waals surface area contributed by atoms with E-state index in [9.17, 15) is 4.39 Å². The first kappa shape index (κ1) is 14.9. The zero-order valence-corrected chi connectivity index (χ0v) is 12.5. The van der Waals surface area contributed by atoms with Gasteiger partial charge in [-0.05, 0) is 38.6 Å². The maximum absolute atomic E-state index is 13.0. The Balaban J connectivity index is 2.24. The minimum absolute atomic E-state index is 0.207. The van der Waals surface area contributed by atoms with Gasteiger partial charge in [-0.25, -0.2) is 14.4 Å². The normalized spacial score (nSPS) is 12.4. The number of hydrogen-bond acceptors (Lipinski definition) is 3. The number of rotatable bonds is 4. The molecule has 0 amide bonds. The summed E-state index contributed by atoms with van der Waals surface area (Å²) in [5.74, 6) is 0.345.